The van der Waals surface area contributed by atoms with Crippen LogP contribution in [0.15, 0.2) is 52.2 Å². The molecule has 0 aliphatic carbocycles. The molecule has 3 rings (SSSR count). The van der Waals surface area contributed by atoms with Crippen LogP contribution in [0.3, 0.4) is 0 Å². The molecule has 136 valence electrons. The van der Waals surface area contributed by atoms with Gasteiger partial charge in [0.25, 0.3) is 0 Å². The molecule has 4 N–H and O–H groups in total. The minimum atomic E-state index is -4.09. The van der Waals surface area contributed by atoms with Crippen molar-refractivity contribution in [2.45, 2.75) is 17.4 Å². The van der Waals surface area contributed by atoms with Crippen molar-refractivity contribution in [2.75, 3.05) is 0 Å². The van der Waals surface area contributed by atoms with Gasteiger partial charge in [0.15, 0.2) is 0 Å². The lowest BCUT2D eigenvalue weighted by molar-refractivity contribution is -0.137. The molecule has 0 unspecified atom stereocenters. The van der Waals surface area contributed by atoms with Crippen molar-refractivity contribution >= 4 is 27.0 Å². The minimum absolute atomic E-state index is 0.141. The number of hydrogen-bond acceptors (Lipinski definition) is 4. The van der Waals surface area contributed by atoms with E-state index in [-0.39, 0.29) is 4.90 Å². The molecule has 26 heavy (non-hydrogen) atoms. The Balaban J connectivity index is 1.95. The Kier molecular flexibility index (Phi) is 4.62. The molecular weight excluding hydrogens is 365 g/mol. The highest BCUT2D eigenvalue weighted by Gasteiger charge is 2.24. The zero-order chi connectivity index (χ0) is 18.9. The van der Waals surface area contributed by atoms with E-state index < -0.39 is 40.0 Å². The quantitative estimate of drug-likeness (QED) is 0.515. The van der Waals surface area contributed by atoms with E-state index in [1.54, 1.807) is 0 Å². The van der Waals surface area contributed by atoms with Crippen LogP contribution in [0.5, 0.6) is 0 Å². The van der Waals surface area contributed by atoms with Gasteiger partial charge in [0.05, 0.1) is 28.4 Å². The molecule has 0 aliphatic rings. The zero-order valence-electron chi connectivity index (χ0n) is 13.2. The maximum atomic E-state index is 13.1. The fourth-order valence-corrected chi connectivity index (χ4v) is 3.78. The Labute approximate surface area is 146 Å². The number of benzene rings is 2. The summed E-state index contributed by atoms with van der Waals surface area (Å²) in [4.78, 5) is 27.2. The predicted molar refractivity (Wildman–Crippen MR) is 90.6 cm³/mol. The Bertz CT molecular complexity index is 1120. The number of hydrogen-bond donors (Lipinski definition) is 4. The van der Waals surface area contributed by atoms with Crippen LogP contribution in [0, 0.1) is 5.82 Å². The lowest BCUT2D eigenvalue weighted by Crippen LogP contribution is -2.30. The summed E-state index contributed by atoms with van der Waals surface area (Å²) in [6.07, 6.45) is -0.520. The molecule has 1 aromatic heterocycles. The number of carbonyl (C=O) groups is 1. The number of fused-ring (bicyclic) bond motifs is 1. The lowest BCUT2D eigenvalue weighted by Gasteiger charge is -2.17. The van der Waals surface area contributed by atoms with E-state index in [1.807, 2.05) is 0 Å². The molecule has 0 aliphatic heterocycles. The van der Waals surface area contributed by atoms with Crippen molar-refractivity contribution in [1.82, 2.24) is 14.7 Å². The minimum Gasteiger partial charge on any atom is -0.481 e. The summed E-state index contributed by atoms with van der Waals surface area (Å²) < 4.78 is 40.7. The summed E-state index contributed by atoms with van der Waals surface area (Å²) in [7, 11) is -4.09. The van der Waals surface area contributed by atoms with Crippen LogP contribution in [-0.4, -0.2) is 29.5 Å². The van der Waals surface area contributed by atoms with Gasteiger partial charge in [-0.1, -0.05) is 12.1 Å². The van der Waals surface area contributed by atoms with Crippen LogP contribution in [0.4, 0.5) is 4.39 Å². The number of carboxylic acids is 1. The van der Waals surface area contributed by atoms with Crippen molar-refractivity contribution in [2.24, 2.45) is 0 Å². The zero-order valence-corrected chi connectivity index (χ0v) is 14.0. The highest BCUT2D eigenvalue weighted by atomic mass is 32.2. The smallest absolute Gasteiger partial charge is 0.323 e. The van der Waals surface area contributed by atoms with Gasteiger partial charge in [-0.05, 0) is 35.9 Å². The van der Waals surface area contributed by atoms with Gasteiger partial charge >= 0.3 is 11.7 Å². The summed E-state index contributed by atoms with van der Waals surface area (Å²) in [5.74, 6) is -1.74. The molecule has 0 amide bonds. The molecule has 0 saturated heterocycles. The number of imidazole rings is 1. The number of halogens is 1. The lowest BCUT2D eigenvalue weighted by atomic mass is 10.1. The van der Waals surface area contributed by atoms with Crippen molar-refractivity contribution in [3.63, 3.8) is 0 Å². The Morgan fingerprint density at radius 3 is 2.42 bits per heavy atom. The van der Waals surface area contributed by atoms with Gasteiger partial charge in [-0.15, -0.1) is 0 Å². The van der Waals surface area contributed by atoms with Gasteiger partial charge < -0.3 is 15.1 Å². The predicted octanol–water partition coefficient (Wildman–Crippen LogP) is 1.49. The van der Waals surface area contributed by atoms with Gasteiger partial charge in [0.1, 0.15) is 5.82 Å². The summed E-state index contributed by atoms with van der Waals surface area (Å²) in [5, 5.41) is 9.06. The molecule has 0 fully saturated rings. The maximum Gasteiger partial charge on any atom is 0.323 e. The first-order chi connectivity index (χ1) is 12.2. The Morgan fingerprint density at radius 1 is 1.12 bits per heavy atom. The second-order valence-corrected chi connectivity index (χ2v) is 7.32. The van der Waals surface area contributed by atoms with Gasteiger partial charge in [-0.2, -0.15) is 0 Å². The summed E-state index contributed by atoms with van der Waals surface area (Å²) >= 11 is 0. The summed E-state index contributed by atoms with van der Waals surface area (Å²) in [5.41, 5.74) is 0.579. The molecule has 0 saturated carbocycles. The van der Waals surface area contributed by atoms with E-state index in [2.05, 4.69) is 14.7 Å². The fourth-order valence-electron chi connectivity index (χ4n) is 2.53. The molecule has 1 heterocycles. The monoisotopic (exact) mass is 379 g/mol. The van der Waals surface area contributed by atoms with E-state index in [9.17, 15) is 22.4 Å². The van der Waals surface area contributed by atoms with Crippen LogP contribution >= 0.6 is 0 Å². The van der Waals surface area contributed by atoms with E-state index in [0.29, 0.717) is 16.6 Å². The molecule has 0 bridgehead atoms. The van der Waals surface area contributed by atoms with Crippen molar-refractivity contribution < 1.29 is 22.7 Å². The SMILES string of the molecule is O=C(O)C[C@H](NS(=O)(=O)c1ccc2[nH]c(=O)[nH]c2c1)c1ccc(F)cc1. The third kappa shape index (κ3) is 3.81. The molecule has 3 aromatic rings. The van der Waals surface area contributed by atoms with Crippen LogP contribution in [-0.2, 0) is 14.8 Å². The third-order valence-corrected chi connectivity index (χ3v) is 5.22. The fraction of sp³-hybridized carbons (Fsp3) is 0.125. The number of aromatic nitrogens is 2. The van der Waals surface area contributed by atoms with Crippen LogP contribution < -0.4 is 10.4 Å². The van der Waals surface area contributed by atoms with Crippen molar-refractivity contribution in [3.05, 3.63) is 64.3 Å². The number of aromatic amines is 2. The highest BCUT2D eigenvalue weighted by molar-refractivity contribution is 7.89. The highest BCUT2D eigenvalue weighted by Crippen LogP contribution is 2.22. The number of sulfonamides is 1. The Morgan fingerprint density at radius 2 is 1.77 bits per heavy atom. The normalized spacial score (nSPS) is 13.0. The first-order valence-corrected chi connectivity index (χ1v) is 8.94. The van der Waals surface area contributed by atoms with E-state index in [0.717, 1.165) is 12.1 Å². The molecule has 10 heteroatoms. The largest absolute Gasteiger partial charge is 0.481 e. The maximum absolute atomic E-state index is 13.1. The second-order valence-electron chi connectivity index (χ2n) is 5.61. The molecule has 0 spiro atoms. The van der Waals surface area contributed by atoms with Crippen LogP contribution in [0.1, 0.15) is 18.0 Å². The molecule has 2 aromatic carbocycles. The molecule has 0 radical (unpaired) electrons. The Hall–Kier alpha value is -2.98. The van der Waals surface area contributed by atoms with Crippen molar-refractivity contribution in [3.8, 4) is 0 Å². The second kappa shape index (κ2) is 6.73. The van der Waals surface area contributed by atoms with Gasteiger partial charge in [-0.25, -0.2) is 22.3 Å². The van der Waals surface area contributed by atoms with Gasteiger partial charge in [-0.3, -0.25) is 4.79 Å². The van der Waals surface area contributed by atoms with Crippen LogP contribution in [0.25, 0.3) is 11.0 Å². The van der Waals surface area contributed by atoms with Crippen LogP contribution in [0.2, 0.25) is 0 Å². The number of rotatable bonds is 6. The third-order valence-electron chi connectivity index (χ3n) is 3.75. The number of H-pyrrole nitrogens is 2. The average Bonchev–Trinajstić information content (AvgIpc) is 2.93. The molecule has 8 nitrogen and oxygen atoms in total. The van der Waals surface area contributed by atoms with Gasteiger partial charge in [0.2, 0.25) is 10.0 Å². The topological polar surface area (TPSA) is 132 Å². The van der Waals surface area contributed by atoms with Gasteiger partial charge in [0, 0.05) is 0 Å². The molecular formula is C16H14FN3O5S. The average molecular weight is 379 g/mol. The number of nitrogens with one attached hydrogen (secondary N) is 3. The van der Waals surface area contributed by atoms with E-state index in [4.69, 9.17) is 5.11 Å². The number of carboxylic acid groups (broad SMARTS) is 1. The van der Waals surface area contributed by atoms with Crippen molar-refractivity contribution in [1.29, 1.82) is 0 Å². The number of aliphatic carboxylic acids is 1. The first-order valence-electron chi connectivity index (χ1n) is 7.46. The van der Waals surface area contributed by atoms with E-state index >= 15 is 0 Å². The standard InChI is InChI=1S/C16H14FN3O5S/c17-10-3-1-9(2-4-10)13(8-15(21)22)20-26(24,25)11-5-6-12-14(7-11)19-16(23)18-12/h1-7,13,20H,8H2,(H,21,22)(H2,18,19,23)/t13-/m0/s1. The summed E-state index contributed by atoms with van der Waals surface area (Å²) in [6.45, 7) is 0. The summed E-state index contributed by atoms with van der Waals surface area (Å²) in [6, 6.07) is 7.76. The van der Waals surface area contributed by atoms with E-state index in [1.165, 1.54) is 30.3 Å². The molecule has 1 atom stereocenters. The first kappa shape index (κ1) is 17.8.